The fourth-order valence-corrected chi connectivity index (χ4v) is 5.18. The maximum absolute atomic E-state index is 12.3. The summed E-state index contributed by atoms with van der Waals surface area (Å²) >= 11 is 0. The van der Waals surface area contributed by atoms with Gasteiger partial charge >= 0.3 is 0 Å². The van der Waals surface area contributed by atoms with E-state index in [1.165, 1.54) is 0 Å². The molecular weight excluding hydrogens is 350 g/mol. The van der Waals surface area contributed by atoms with Gasteiger partial charge in [0.1, 0.15) is 5.82 Å². The SMILES string of the molecule is Cc1cc(NC2CCN(S(=O)(=O)C3CC3)CC2)nc(-c2cccnc2)n1. The third kappa shape index (κ3) is 3.71. The molecule has 8 heteroatoms. The molecule has 0 amide bonds. The Kier molecular flexibility index (Phi) is 4.62. The van der Waals surface area contributed by atoms with Crippen LogP contribution in [0.1, 0.15) is 31.4 Å². The second-order valence-corrected chi connectivity index (χ2v) is 9.23. The van der Waals surface area contributed by atoms with E-state index in [9.17, 15) is 8.42 Å². The molecule has 1 saturated carbocycles. The zero-order chi connectivity index (χ0) is 18.1. The van der Waals surface area contributed by atoms with Gasteiger partial charge in [-0.3, -0.25) is 4.98 Å². The van der Waals surface area contributed by atoms with Gasteiger partial charge in [-0.05, 0) is 44.7 Å². The Balaban J connectivity index is 1.43. The summed E-state index contributed by atoms with van der Waals surface area (Å²) in [5.41, 5.74) is 1.76. The lowest BCUT2D eigenvalue weighted by atomic mass is 10.1. The molecule has 2 aromatic rings. The van der Waals surface area contributed by atoms with Crippen LogP contribution in [0.25, 0.3) is 11.4 Å². The molecule has 2 fully saturated rings. The molecule has 4 rings (SSSR count). The average molecular weight is 373 g/mol. The van der Waals surface area contributed by atoms with E-state index in [-0.39, 0.29) is 11.3 Å². The number of aryl methyl sites for hydroxylation is 1. The van der Waals surface area contributed by atoms with E-state index in [0.717, 1.165) is 42.8 Å². The summed E-state index contributed by atoms with van der Waals surface area (Å²) in [6.07, 6.45) is 6.69. The number of nitrogens with one attached hydrogen (secondary N) is 1. The lowest BCUT2D eigenvalue weighted by molar-refractivity contribution is 0.329. The normalized spacial score (nSPS) is 19.4. The summed E-state index contributed by atoms with van der Waals surface area (Å²) in [5, 5.41) is 3.33. The first-order chi connectivity index (χ1) is 12.5. The Morgan fingerprint density at radius 3 is 2.58 bits per heavy atom. The molecule has 0 bridgehead atoms. The number of rotatable bonds is 5. The van der Waals surface area contributed by atoms with Gasteiger partial charge in [0.25, 0.3) is 0 Å². The van der Waals surface area contributed by atoms with Gasteiger partial charge in [-0.15, -0.1) is 0 Å². The first-order valence-corrected chi connectivity index (χ1v) is 10.5. The first kappa shape index (κ1) is 17.4. The maximum atomic E-state index is 12.3. The summed E-state index contributed by atoms with van der Waals surface area (Å²) in [6.45, 7) is 3.10. The molecule has 7 nitrogen and oxygen atoms in total. The highest BCUT2D eigenvalue weighted by Crippen LogP contribution is 2.32. The largest absolute Gasteiger partial charge is 0.367 e. The van der Waals surface area contributed by atoms with Gasteiger partial charge in [-0.2, -0.15) is 0 Å². The van der Waals surface area contributed by atoms with Crippen LogP contribution in [-0.2, 0) is 10.0 Å². The summed E-state index contributed by atoms with van der Waals surface area (Å²) < 4.78 is 26.3. The zero-order valence-corrected chi connectivity index (χ0v) is 15.6. The van der Waals surface area contributed by atoms with E-state index >= 15 is 0 Å². The van der Waals surface area contributed by atoms with Crippen LogP contribution in [0.3, 0.4) is 0 Å². The molecule has 26 heavy (non-hydrogen) atoms. The molecule has 1 aliphatic heterocycles. The monoisotopic (exact) mass is 373 g/mol. The summed E-state index contributed by atoms with van der Waals surface area (Å²) in [6, 6.07) is 5.95. The van der Waals surface area contributed by atoms with Crippen molar-refractivity contribution in [3.8, 4) is 11.4 Å². The van der Waals surface area contributed by atoms with E-state index in [1.54, 1.807) is 16.7 Å². The van der Waals surface area contributed by atoms with Crippen LogP contribution in [0.4, 0.5) is 5.82 Å². The van der Waals surface area contributed by atoms with Crippen LogP contribution >= 0.6 is 0 Å². The Morgan fingerprint density at radius 1 is 1.15 bits per heavy atom. The van der Waals surface area contributed by atoms with Crippen LogP contribution in [0.15, 0.2) is 30.6 Å². The lowest BCUT2D eigenvalue weighted by Crippen LogP contribution is -2.43. The zero-order valence-electron chi connectivity index (χ0n) is 14.8. The average Bonchev–Trinajstić information content (AvgIpc) is 3.48. The van der Waals surface area contributed by atoms with Crippen molar-refractivity contribution in [3.05, 3.63) is 36.3 Å². The Hall–Kier alpha value is -2.06. The van der Waals surface area contributed by atoms with Crippen molar-refractivity contribution in [3.63, 3.8) is 0 Å². The van der Waals surface area contributed by atoms with Crippen LogP contribution in [0.2, 0.25) is 0 Å². The topological polar surface area (TPSA) is 88.1 Å². The van der Waals surface area contributed by atoms with E-state index in [0.29, 0.717) is 18.9 Å². The van der Waals surface area contributed by atoms with Gasteiger partial charge in [0.05, 0.1) is 5.25 Å². The number of pyridine rings is 1. The van der Waals surface area contributed by atoms with Crippen molar-refractivity contribution < 1.29 is 8.42 Å². The number of piperidine rings is 1. The molecular formula is C18H23N5O2S. The molecule has 3 heterocycles. The molecule has 0 radical (unpaired) electrons. The minimum atomic E-state index is -3.06. The van der Waals surface area contributed by atoms with Crippen LogP contribution < -0.4 is 5.32 Å². The van der Waals surface area contributed by atoms with E-state index in [1.807, 2.05) is 25.1 Å². The van der Waals surface area contributed by atoms with Gasteiger partial charge in [0, 0.05) is 48.8 Å². The predicted octanol–water partition coefficient (Wildman–Crippen LogP) is 2.22. The highest BCUT2D eigenvalue weighted by Gasteiger charge is 2.41. The molecule has 1 saturated heterocycles. The number of sulfonamides is 1. The standard InChI is InChI=1S/C18H23N5O2S/c1-13-11-17(22-18(20-13)14-3-2-8-19-12-14)21-15-6-9-23(10-7-15)26(24,25)16-4-5-16/h2-3,8,11-12,15-16H,4-7,9-10H2,1H3,(H,20,21,22). The number of hydrogen-bond acceptors (Lipinski definition) is 6. The minimum Gasteiger partial charge on any atom is -0.367 e. The Bertz CT molecular complexity index is 876. The quantitative estimate of drug-likeness (QED) is 0.865. The van der Waals surface area contributed by atoms with Gasteiger partial charge in [-0.25, -0.2) is 22.7 Å². The predicted molar refractivity (Wildman–Crippen MR) is 100 cm³/mol. The highest BCUT2D eigenvalue weighted by molar-refractivity contribution is 7.90. The molecule has 1 N–H and O–H groups in total. The number of hydrogen-bond donors (Lipinski definition) is 1. The van der Waals surface area contributed by atoms with Crippen molar-refractivity contribution in [1.82, 2.24) is 19.3 Å². The molecule has 2 aliphatic rings. The maximum Gasteiger partial charge on any atom is 0.216 e. The molecule has 138 valence electrons. The van der Waals surface area contributed by atoms with Crippen molar-refractivity contribution in [2.75, 3.05) is 18.4 Å². The van der Waals surface area contributed by atoms with Crippen LogP contribution in [0.5, 0.6) is 0 Å². The summed E-state index contributed by atoms with van der Waals surface area (Å²) in [5.74, 6) is 1.43. The van der Waals surface area contributed by atoms with E-state index in [4.69, 9.17) is 0 Å². The molecule has 0 spiro atoms. The molecule has 0 unspecified atom stereocenters. The van der Waals surface area contributed by atoms with Crippen molar-refractivity contribution in [2.45, 2.75) is 43.9 Å². The second kappa shape index (κ2) is 6.92. The van der Waals surface area contributed by atoms with Crippen molar-refractivity contribution in [1.29, 1.82) is 0 Å². The Labute approximate surface area is 153 Å². The third-order valence-corrected chi connectivity index (χ3v) is 7.28. The minimum absolute atomic E-state index is 0.126. The van der Waals surface area contributed by atoms with Crippen LogP contribution in [-0.4, -0.2) is 52.1 Å². The first-order valence-electron chi connectivity index (χ1n) is 9.04. The van der Waals surface area contributed by atoms with Gasteiger partial charge < -0.3 is 5.32 Å². The molecule has 1 aliphatic carbocycles. The smallest absolute Gasteiger partial charge is 0.216 e. The lowest BCUT2D eigenvalue weighted by Gasteiger charge is -2.32. The van der Waals surface area contributed by atoms with Gasteiger partial charge in [-0.1, -0.05) is 0 Å². The summed E-state index contributed by atoms with van der Waals surface area (Å²) in [4.78, 5) is 13.2. The summed E-state index contributed by atoms with van der Waals surface area (Å²) in [7, 11) is -3.06. The molecule has 0 atom stereocenters. The second-order valence-electron chi connectivity index (χ2n) is 7.02. The molecule has 0 aromatic carbocycles. The Morgan fingerprint density at radius 2 is 1.92 bits per heavy atom. The van der Waals surface area contributed by atoms with Crippen molar-refractivity contribution in [2.24, 2.45) is 0 Å². The van der Waals surface area contributed by atoms with E-state index < -0.39 is 10.0 Å². The third-order valence-electron chi connectivity index (χ3n) is 4.89. The fraction of sp³-hybridized carbons (Fsp3) is 0.500. The van der Waals surface area contributed by atoms with E-state index in [2.05, 4.69) is 20.3 Å². The van der Waals surface area contributed by atoms with Crippen molar-refractivity contribution >= 4 is 15.8 Å². The van der Waals surface area contributed by atoms with Gasteiger partial charge in [0.2, 0.25) is 10.0 Å². The van der Waals surface area contributed by atoms with Gasteiger partial charge in [0.15, 0.2) is 5.82 Å². The fourth-order valence-electron chi connectivity index (χ4n) is 3.31. The number of aromatic nitrogens is 3. The molecule has 2 aromatic heterocycles. The highest BCUT2D eigenvalue weighted by atomic mass is 32.2. The van der Waals surface area contributed by atoms with Crippen LogP contribution in [0, 0.1) is 6.92 Å². The number of anilines is 1. The number of nitrogens with zero attached hydrogens (tertiary/aromatic N) is 4.